The number of benzene rings is 2. The van der Waals surface area contributed by atoms with Crippen molar-refractivity contribution in [2.75, 3.05) is 33.3 Å². The minimum Gasteiger partial charge on any atom is -0.484 e. The van der Waals surface area contributed by atoms with Crippen LogP contribution in [0.25, 0.3) is 0 Å². The van der Waals surface area contributed by atoms with E-state index in [9.17, 15) is 9.59 Å². The van der Waals surface area contributed by atoms with Crippen LogP contribution in [-0.4, -0.2) is 55.3 Å². The lowest BCUT2D eigenvalue weighted by Crippen LogP contribution is -2.50. The second kappa shape index (κ2) is 7.94. The largest absolute Gasteiger partial charge is 0.484 e. The quantitative estimate of drug-likeness (QED) is 0.786. The number of likely N-dealkylation sites (N-methyl/N-ethyl adjacent to an activating group) is 1. The van der Waals surface area contributed by atoms with Crippen molar-refractivity contribution in [2.45, 2.75) is 6.04 Å². The van der Waals surface area contributed by atoms with Crippen molar-refractivity contribution in [1.29, 1.82) is 0 Å². The van der Waals surface area contributed by atoms with Crippen LogP contribution in [0.4, 0.5) is 0 Å². The van der Waals surface area contributed by atoms with Crippen LogP contribution in [0.2, 0.25) is 0 Å². The van der Waals surface area contributed by atoms with E-state index >= 15 is 0 Å². The molecule has 1 atom stereocenters. The molecule has 25 heavy (non-hydrogen) atoms. The van der Waals surface area contributed by atoms with E-state index in [2.05, 4.69) is 24.1 Å². The van der Waals surface area contributed by atoms with E-state index in [4.69, 9.17) is 4.74 Å². The fourth-order valence-electron chi connectivity index (χ4n) is 3.05. The Morgan fingerprint density at radius 3 is 2.52 bits per heavy atom. The first-order valence-electron chi connectivity index (χ1n) is 8.38. The number of nitrogens with zero attached hydrogens (tertiary/aromatic N) is 2. The molecule has 1 amide bonds. The van der Waals surface area contributed by atoms with Crippen LogP contribution in [-0.2, 0) is 4.79 Å². The van der Waals surface area contributed by atoms with Crippen LogP contribution in [0.3, 0.4) is 0 Å². The summed E-state index contributed by atoms with van der Waals surface area (Å²) in [6.45, 7) is 2.34. The fraction of sp³-hybridized carbons (Fsp3) is 0.300. The number of carbonyl (C=O) groups is 2. The van der Waals surface area contributed by atoms with Crippen LogP contribution in [0, 0.1) is 0 Å². The number of carbonyl (C=O) groups excluding carboxylic acids is 2. The van der Waals surface area contributed by atoms with Gasteiger partial charge in [-0.2, -0.15) is 0 Å². The van der Waals surface area contributed by atoms with Gasteiger partial charge >= 0.3 is 0 Å². The van der Waals surface area contributed by atoms with Gasteiger partial charge in [0, 0.05) is 25.2 Å². The highest BCUT2D eigenvalue weighted by Gasteiger charge is 2.30. The van der Waals surface area contributed by atoms with Gasteiger partial charge in [0.25, 0.3) is 5.91 Å². The summed E-state index contributed by atoms with van der Waals surface area (Å²) in [7, 11) is 2.07. The summed E-state index contributed by atoms with van der Waals surface area (Å²) >= 11 is 0. The Morgan fingerprint density at radius 1 is 1.12 bits per heavy atom. The third-order valence-corrected chi connectivity index (χ3v) is 4.47. The molecule has 1 aliphatic rings. The molecule has 0 spiro atoms. The van der Waals surface area contributed by atoms with Crippen LogP contribution < -0.4 is 4.74 Å². The number of ether oxygens (including phenoxy) is 1. The van der Waals surface area contributed by atoms with Gasteiger partial charge in [0.15, 0.2) is 6.61 Å². The zero-order chi connectivity index (χ0) is 17.6. The Labute approximate surface area is 147 Å². The molecule has 0 radical (unpaired) electrons. The third kappa shape index (κ3) is 4.25. The van der Waals surface area contributed by atoms with Crippen LogP contribution in [0.5, 0.6) is 5.75 Å². The van der Waals surface area contributed by atoms with Gasteiger partial charge in [0.05, 0.1) is 6.04 Å². The van der Waals surface area contributed by atoms with Crippen molar-refractivity contribution in [1.82, 2.24) is 9.80 Å². The number of hydrogen-bond acceptors (Lipinski definition) is 4. The molecule has 130 valence electrons. The van der Waals surface area contributed by atoms with Gasteiger partial charge in [-0.3, -0.25) is 9.59 Å². The van der Waals surface area contributed by atoms with Gasteiger partial charge in [-0.05, 0) is 36.9 Å². The molecule has 2 aromatic carbocycles. The molecule has 0 aliphatic carbocycles. The first-order chi connectivity index (χ1) is 12.2. The fourth-order valence-corrected chi connectivity index (χ4v) is 3.05. The summed E-state index contributed by atoms with van der Waals surface area (Å²) in [5.74, 6) is 0.561. The van der Waals surface area contributed by atoms with Crippen molar-refractivity contribution in [3.63, 3.8) is 0 Å². The van der Waals surface area contributed by atoms with E-state index in [0.29, 0.717) is 17.9 Å². The van der Waals surface area contributed by atoms with Gasteiger partial charge in [-0.1, -0.05) is 30.3 Å². The van der Waals surface area contributed by atoms with E-state index in [-0.39, 0.29) is 18.6 Å². The molecule has 5 nitrogen and oxygen atoms in total. The summed E-state index contributed by atoms with van der Waals surface area (Å²) in [5, 5.41) is 0. The summed E-state index contributed by atoms with van der Waals surface area (Å²) in [5.41, 5.74) is 1.72. The highest BCUT2D eigenvalue weighted by molar-refractivity contribution is 5.78. The number of aldehydes is 1. The van der Waals surface area contributed by atoms with E-state index in [1.165, 1.54) is 0 Å². The van der Waals surface area contributed by atoms with E-state index in [1.54, 1.807) is 24.3 Å². The zero-order valence-corrected chi connectivity index (χ0v) is 14.3. The molecule has 0 saturated carbocycles. The lowest BCUT2D eigenvalue weighted by atomic mass is 10.0. The minimum atomic E-state index is -0.0265. The lowest BCUT2D eigenvalue weighted by Gasteiger charge is -2.40. The highest BCUT2D eigenvalue weighted by atomic mass is 16.5. The Bertz CT molecular complexity index is 715. The summed E-state index contributed by atoms with van der Waals surface area (Å²) in [4.78, 5) is 27.5. The molecular formula is C20H22N2O3. The zero-order valence-electron chi connectivity index (χ0n) is 14.3. The van der Waals surface area contributed by atoms with Crippen LogP contribution in [0.1, 0.15) is 22.0 Å². The van der Waals surface area contributed by atoms with Crippen LogP contribution >= 0.6 is 0 Å². The van der Waals surface area contributed by atoms with E-state index in [1.807, 2.05) is 23.1 Å². The molecule has 0 N–H and O–H groups in total. The lowest BCUT2D eigenvalue weighted by molar-refractivity contribution is -0.138. The topological polar surface area (TPSA) is 49.9 Å². The van der Waals surface area contributed by atoms with Gasteiger partial charge < -0.3 is 14.5 Å². The summed E-state index contributed by atoms with van der Waals surface area (Å²) in [6, 6.07) is 16.9. The molecular weight excluding hydrogens is 316 g/mol. The average Bonchev–Trinajstić information content (AvgIpc) is 2.67. The van der Waals surface area contributed by atoms with Crippen LogP contribution in [0.15, 0.2) is 54.6 Å². The third-order valence-electron chi connectivity index (χ3n) is 4.47. The summed E-state index contributed by atoms with van der Waals surface area (Å²) in [6.07, 6.45) is 0.781. The molecule has 5 heteroatoms. The molecule has 0 bridgehead atoms. The Balaban J connectivity index is 1.67. The van der Waals surface area contributed by atoms with Crippen molar-refractivity contribution in [2.24, 2.45) is 0 Å². The van der Waals surface area contributed by atoms with Crippen molar-refractivity contribution < 1.29 is 14.3 Å². The summed E-state index contributed by atoms with van der Waals surface area (Å²) < 4.78 is 5.61. The predicted octanol–water partition coefficient (Wildman–Crippen LogP) is 2.39. The van der Waals surface area contributed by atoms with E-state index < -0.39 is 0 Å². The van der Waals surface area contributed by atoms with Gasteiger partial charge in [0.1, 0.15) is 12.0 Å². The molecule has 1 saturated heterocycles. The van der Waals surface area contributed by atoms with E-state index in [0.717, 1.165) is 24.9 Å². The maximum Gasteiger partial charge on any atom is 0.261 e. The highest BCUT2D eigenvalue weighted by Crippen LogP contribution is 2.25. The standard InChI is InChI=1S/C20H22N2O3/c1-21-11-12-22(19(13-21)17-5-3-2-4-6-17)20(24)15-25-18-9-7-16(14-23)8-10-18/h2-10,14,19H,11-13,15H2,1H3. The molecule has 1 unspecified atom stereocenters. The maximum atomic E-state index is 12.7. The number of rotatable bonds is 5. The first kappa shape index (κ1) is 17.2. The van der Waals surface area contributed by atoms with Gasteiger partial charge in [-0.15, -0.1) is 0 Å². The first-order valence-corrected chi connectivity index (χ1v) is 8.38. The van der Waals surface area contributed by atoms with Crippen molar-refractivity contribution in [3.8, 4) is 5.75 Å². The molecule has 1 fully saturated rings. The van der Waals surface area contributed by atoms with Gasteiger partial charge in [-0.25, -0.2) is 0 Å². The molecule has 1 aliphatic heterocycles. The maximum absolute atomic E-state index is 12.7. The smallest absolute Gasteiger partial charge is 0.261 e. The number of hydrogen-bond donors (Lipinski definition) is 0. The number of piperazine rings is 1. The SMILES string of the molecule is CN1CCN(C(=O)COc2ccc(C=O)cc2)C(c2ccccc2)C1. The second-order valence-electron chi connectivity index (χ2n) is 6.25. The predicted molar refractivity (Wildman–Crippen MR) is 95.7 cm³/mol. The minimum absolute atomic E-state index is 0.00646. The number of amides is 1. The van der Waals surface area contributed by atoms with Crippen molar-refractivity contribution >= 4 is 12.2 Å². The monoisotopic (exact) mass is 338 g/mol. The molecule has 0 aromatic heterocycles. The Kier molecular flexibility index (Phi) is 5.46. The normalized spacial score (nSPS) is 18.0. The second-order valence-corrected chi connectivity index (χ2v) is 6.25. The molecule has 2 aromatic rings. The Hall–Kier alpha value is -2.66. The average molecular weight is 338 g/mol. The molecule has 3 rings (SSSR count). The Morgan fingerprint density at radius 2 is 1.84 bits per heavy atom. The van der Waals surface area contributed by atoms with Gasteiger partial charge in [0.2, 0.25) is 0 Å². The molecule has 1 heterocycles. The van der Waals surface area contributed by atoms with Crippen molar-refractivity contribution in [3.05, 3.63) is 65.7 Å².